The Morgan fingerprint density at radius 1 is 1.10 bits per heavy atom. The average Bonchev–Trinajstić information content (AvgIpc) is 2.80. The van der Waals surface area contributed by atoms with Gasteiger partial charge in [0.25, 0.3) is 0 Å². The van der Waals surface area contributed by atoms with E-state index in [0.717, 1.165) is 55.6 Å². The van der Waals surface area contributed by atoms with Gasteiger partial charge in [-0.3, -0.25) is 4.98 Å². The zero-order valence-electron chi connectivity index (χ0n) is 19.6. The molecule has 0 saturated heterocycles. The molecule has 1 heterocycles. The number of ether oxygens (including phenoxy) is 1. The molecule has 2 aromatic rings. The lowest BCUT2D eigenvalue weighted by atomic mass is 10.2. The summed E-state index contributed by atoms with van der Waals surface area (Å²) in [5.41, 5.74) is 2.07. The van der Waals surface area contributed by atoms with E-state index in [2.05, 4.69) is 60.3 Å². The summed E-state index contributed by atoms with van der Waals surface area (Å²) in [6, 6.07) is 14.3. The van der Waals surface area contributed by atoms with E-state index in [-0.39, 0.29) is 0 Å². The van der Waals surface area contributed by atoms with Crippen molar-refractivity contribution in [2.24, 2.45) is 4.99 Å². The first-order valence-electron chi connectivity index (χ1n) is 11.5. The molecule has 1 unspecified atom stereocenters. The van der Waals surface area contributed by atoms with Gasteiger partial charge < -0.3 is 20.3 Å². The van der Waals surface area contributed by atoms with Gasteiger partial charge >= 0.3 is 0 Å². The van der Waals surface area contributed by atoms with E-state index in [9.17, 15) is 0 Å². The third kappa shape index (κ3) is 9.83. The minimum absolute atomic E-state index is 0.385. The number of nitrogens with zero attached hydrogens (tertiary/aromatic N) is 3. The molecule has 31 heavy (non-hydrogen) atoms. The average molecular weight is 426 g/mol. The van der Waals surface area contributed by atoms with E-state index in [1.807, 2.05) is 30.3 Å². The van der Waals surface area contributed by atoms with Crippen molar-refractivity contribution < 1.29 is 4.74 Å². The zero-order valence-corrected chi connectivity index (χ0v) is 19.6. The molecule has 0 spiro atoms. The minimum Gasteiger partial charge on any atom is -0.487 e. The lowest BCUT2D eigenvalue weighted by Gasteiger charge is -2.21. The maximum Gasteiger partial charge on any atom is 0.191 e. The Labute approximate surface area is 188 Å². The maximum atomic E-state index is 5.81. The van der Waals surface area contributed by atoms with E-state index in [1.54, 1.807) is 6.20 Å². The van der Waals surface area contributed by atoms with Gasteiger partial charge in [0.2, 0.25) is 0 Å². The molecule has 0 aliphatic heterocycles. The normalized spacial score (nSPS) is 12.6. The number of aliphatic imine (C=N–C) groups is 1. The lowest BCUT2D eigenvalue weighted by molar-refractivity contribution is 0.292. The number of pyridine rings is 1. The largest absolute Gasteiger partial charge is 0.487 e. The summed E-state index contributed by atoms with van der Waals surface area (Å²) in [7, 11) is 0. The Balaban J connectivity index is 1.80. The Hall–Kier alpha value is -2.60. The van der Waals surface area contributed by atoms with E-state index in [4.69, 9.17) is 9.73 Å². The molecule has 0 aliphatic carbocycles. The molecule has 170 valence electrons. The predicted molar refractivity (Wildman–Crippen MR) is 129 cm³/mol. The highest BCUT2D eigenvalue weighted by atomic mass is 16.5. The quantitative estimate of drug-likeness (QED) is 0.372. The van der Waals surface area contributed by atoms with Crippen LogP contribution < -0.4 is 15.4 Å². The van der Waals surface area contributed by atoms with Gasteiger partial charge in [0.1, 0.15) is 12.4 Å². The molecule has 6 nitrogen and oxygen atoms in total. The van der Waals surface area contributed by atoms with E-state index >= 15 is 0 Å². The fraction of sp³-hybridized carbons (Fsp3) is 0.520. The van der Waals surface area contributed by atoms with E-state index in [0.29, 0.717) is 19.2 Å². The molecule has 1 atom stereocenters. The third-order valence-electron chi connectivity index (χ3n) is 5.19. The minimum atomic E-state index is 0.385. The summed E-state index contributed by atoms with van der Waals surface area (Å²) in [5.74, 6) is 1.71. The van der Waals surface area contributed by atoms with Crippen LogP contribution in [0.4, 0.5) is 0 Å². The molecule has 6 heteroatoms. The second-order valence-electron chi connectivity index (χ2n) is 7.66. The fourth-order valence-electron chi connectivity index (χ4n) is 3.29. The first-order chi connectivity index (χ1) is 15.1. The number of guanidine groups is 1. The zero-order chi connectivity index (χ0) is 22.3. The van der Waals surface area contributed by atoms with Gasteiger partial charge in [-0.15, -0.1) is 0 Å². The summed E-state index contributed by atoms with van der Waals surface area (Å²) in [6.07, 6.45) is 4.10. The van der Waals surface area contributed by atoms with Crippen LogP contribution >= 0.6 is 0 Å². The van der Waals surface area contributed by atoms with Gasteiger partial charge in [0, 0.05) is 18.8 Å². The highest BCUT2D eigenvalue weighted by Crippen LogP contribution is 2.14. The smallest absolute Gasteiger partial charge is 0.191 e. The van der Waals surface area contributed by atoms with Gasteiger partial charge in [-0.2, -0.15) is 0 Å². The lowest BCUT2D eigenvalue weighted by Crippen LogP contribution is -2.42. The molecule has 2 N–H and O–H groups in total. The van der Waals surface area contributed by atoms with Crippen LogP contribution in [0.5, 0.6) is 5.75 Å². The molecule has 0 amide bonds. The standard InChI is InChI=1S/C25H39N5O/c1-5-26-25(29-21(4)11-10-18-30(6-2)7-3)28-19-22-13-15-24(16-14-22)31-20-23-12-8-9-17-27-23/h8-9,12-17,21H,5-7,10-11,18-20H2,1-4H3,(H2,26,28,29). The number of hydrogen-bond acceptors (Lipinski definition) is 4. The van der Waals surface area contributed by atoms with Crippen molar-refractivity contribution in [2.75, 3.05) is 26.2 Å². The number of nitrogens with one attached hydrogen (secondary N) is 2. The van der Waals surface area contributed by atoms with Gasteiger partial charge in [-0.25, -0.2) is 4.99 Å². The fourth-order valence-corrected chi connectivity index (χ4v) is 3.29. The molecular formula is C25H39N5O. The van der Waals surface area contributed by atoms with Crippen LogP contribution in [0.25, 0.3) is 0 Å². The van der Waals surface area contributed by atoms with E-state index in [1.165, 1.54) is 6.42 Å². The summed E-state index contributed by atoms with van der Waals surface area (Å²) < 4.78 is 5.81. The predicted octanol–water partition coefficient (Wildman–Crippen LogP) is 4.23. The Morgan fingerprint density at radius 2 is 1.87 bits per heavy atom. The topological polar surface area (TPSA) is 61.8 Å². The molecule has 0 fully saturated rings. The summed E-state index contributed by atoms with van der Waals surface area (Å²) in [4.78, 5) is 11.5. The maximum absolute atomic E-state index is 5.81. The second kappa shape index (κ2) is 14.4. The molecule has 0 radical (unpaired) electrons. The molecule has 1 aromatic carbocycles. The van der Waals surface area contributed by atoms with Crippen molar-refractivity contribution in [3.8, 4) is 5.75 Å². The first-order valence-corrected chi connectivity index (χ1v) is 11.5. The highest BCUT2D eigenvalue weighted by Gasteiger charge is 2.07. The molecule has 2 rings (SSSR count). The molecule has 1 aromatic heterocycles. The Bertz CT molecular complexity index is 744. The summed E-state index contributed by atoms with van der Waals surface area (Å²) >= 11 is 0. The van der Waals surface area contributed by atoms with Crippen molar-refractivity contribution >= 4 is 5.96 Å². The van der Waals surface area contributed by atoms with E-state index < -0.39 is 0 Å². The molecule has 0 saturated carbocycles. The SMILES string of the molecule is CCNC(=NCc1ccc(OCc2ccccn2)cc1)NC(C)CCCN(CC)CC. The van der Waals surface area contributed by atoms with Gasteiger partial charge in [-0.05, 0) is 76.2 Å². The first kappa shape index (κ1) is 24.7. The van der Waals surface area contributed by atoms with Crippen molar-refractivity contribution in [1.29, 1.82) is 0 Å². The number of aromatic nitrogens is 1. The van der Waals surface area contributed by atoms with Crippen LogP contribution in [0.1, 0.15) is 51.8 Å². The van der Waals surface area contributed by atoms with Crippen molar-refractivity contribution in [3.05, 3.63) is 59.9 Å². The second-order valence-corrected chi connectivity index (χ2v) is 7.66. The van der Waals surface area contributed by atoms with Gasteiger partial charge in [-0.1, -0.05) is 32.0 Å². The van der Waals surface area contributed by atoms with Gasteiger partial charge in [0.15, 0.2) is 5.96 Å². The van der Waals surface area contributed by atoms with Crippen LogP contribution in [-0.2, 0) is 13.2 Å². The molecule has 0 bridgehead atoms. The highest BCUT2D eigenvalue weighted by molar-refractivity contribution is 5.80. The van der Waals surface area contributed by atoms with Crippen LogP contribution in [0.2, 0.25) is 0 Å². The number of benzene rings is 1. The Morgan fingerprint density at radius 3 is 2.52 bits per heavy atom. The van der Waals surface area contributed by atoms with Crippen LogP contribution in [0.3, 0.4) is 0 Å². The van der Waals surface area contributed by atoms with Crippen LogP contribution in [-0.4, -0.2) is 48.1 Å². The van der Waals surface area contributed by atoms with Crippen LogP contribution in [0, 0.1) is 0 Å². The van der Waals surface area contributed by atoms with Crippen molar-refractivity contribution in [3.63, 3.8) is 0 Å². The van der Waals surface area contributed by atoms with Crippen molar-refractivity contribution in [2.45, 2.75) is 59.7 Å². The van der Waals surface area contributed by atoms with Crippen molar-refractivity contribution in [1.82, 2.24) is 20.5 Å². The number of rotatable bonds is 13. The summed E-state index contributed by atoms with van der Waals surface area (Å²) in [5, 5.41) is 6.89. The van der Waals surface area contributed by atoms with Crippen LogP contribution in [0.15, 0.2) is 53.7 Å². The third-order valence-corrected chi connectivity index (χ3v) is 5.19. The molecule has 0 aliphatic rings. The van der Waals surface area contributed by atoms with Gasteiger partial charge in [0.05, 0.1) is 12.2 Å². The monoisotopic (exact) mass is 425 g/mol. The molecular weight excluding hydrogens is 386 g/mol. The summed E-state index contributed by atoms with van der Waals surface area (Å²) in [6.45, 7) is 14.1. The number of hydrogen-bond donors (Lipinski definition) is 2. The Kier molecular flexibility index (Phi) is 11.5.